The minimum Gasteiger partial charge on any atom is -0.458 e. The van der Waals surface area contributed by atoms with Gasteiger partial charge in [0.05, 0.1) is 0 Å². The average Bonchev–Trinajstić information content (AvgIpc) is 2.67. The van der Waals surface area contributed by atoms with E-state index in [0.29, 0.717) is 12.3 Å². The predicted molar refractivity (Wildman–Crippen MR) is 117 cm³/mol. The molecule has 0 spiro atoms. The van der Waals surface area contributed by atoms with Crippen LogP contribution in [0.2, 0.25) is 0 Å². The van der Waals surface area contributed by atoms with Crippen molar-refractivity contribution in [1.82, 2.24) is 0 Å². The Hall–Kier alpha value is -0.790. The molecule has 27 heavy (non-hydrogen) atoms. The minimum absolute atomic E-state index is 0.00239. The number of ether oxygens (including phenoxy) is 1. The molecule has 0 aliphatic carbocycles. The summed E-state index contributed by atoms with van der Waals surface area (Å²) in [5.74, 6) is 1.44. The van der Waals surface area contributed by atoms with E-state index in [1.165, 1.54) is 83.5 Å². The number of allylic oxidation sites excluding steroid dienone is 1. The van der Waals surface area contributed by atoms with Crippen molar-refractivity contribution in [2.45, 2.75) is 130 Å². The van der Waals surface area contributed by atoms with Gasteiger partial charge in [-0.3, -0.25) is 4.79 Å². The van der Waals surface area contributed by atoms with Gasteiger partial charge in [0.15, 0.2) is 0 Å². The van der Waals surface area contributed by atoms with Crippen molar-refractivity contribution in [3.8, 4) is 0 Å². The molecular formula is C25H46O2. The summed E-state index contributed by atoms with van der Waals surface area (Å²) in [5.41, 5.74) is 0. The van der Waals surface area contributed by atoms with Gasteiger partial charge in [0, 0.05) is 6.42 Å². The van der Waals surface area contributed by atoms with Gasteiger partial charge in [-0.05, 0) is 56.4 Å². The lowest BCUT2D eigenvalue weighted by atomic mass is 9.81. The third-order valence-corrected chi connectivity index (χ3v) is 6.06. The van der Waals surface area contributed by atoms with Crippen molar-refractivity contribution in [1.29, 1.82) is 0 Å². The second-order valence-electron chi connectivity index (χ2n) is 8.57. The van der Waals surface area contributed by atoms with E-state index >= 15 is 0 Å². The largest absolute Gasteiger partial charge is 0.458 e. The quantitative estimate of drug-likeness (QED) is 0.195. The fourth-order valence-corrected chi connectivity index (χ4v) is 4.35. The molecule has 1 saturated heterocycles. The van der Waals surface area contributed by atoms with Gasteiger partial charge in [-0.1, -0.05) is 84.6 Å². The number of hydrogen-bond donors (Lipinski definition) is 0. The molecule has 158 valence electrons. The minimum atomic E-state index is -0.00239. The molecule has 1 aliphatic rings. The molecule has 2 nitrogen and oxygen atoms in total. The van der Waals surface area contributed by atoms with Crippen molar-refractivity contribution in [3.05, 3.63) is 12.2 Å². The number of unbranched alkanes of at least 4 members (excludes halogenated alkanes) is 3. The van der Waals surface area contributed by atoms with E-state index in [2.05, 4.69) is 32.9 Å². The fourth-order valence-electron chi connectivity index (χ4n) is 4.35. The van der Waals surface area contributed by atoms with E-state index in [1.54, 1.807) is 0 Å². The lowest BCUT2D eigenvalue weighted by Crippen LogP contribution is -2.18. The Morgan fingerprint density at radius 3 is 2.33 bits per heavy atom. The molecule has 0 aromatic carbocycles. The van der Waals surface area contributed by atoms with E-state index in [4.69, 9.17) is 4.74 Å². The normalized spacial score (nSPS) is 21.7. The summed E-state index contributed by atoms with van der Waals surface area (Å²) in [6.07, 6.45) is 24.0. The maximum absolute atomic E-state index is 12.1. The predicted octanol–water partition coefficient (Wildman–Crippen LogP) is 8.00. The van der Waals surface area contributed by atoms with Gasteiger partial charge in [-0.2, -0.15) is 0 Å². The molecule has 0 amide bonds. The molecule has 2 heteroatoms. The third-order valence-electron chi connectivity index (χ3n) is 6.06. The van der Waals surface area contributed by atoms with Crippen LogP contribution < -0.4 is 0 Å². The van der Waals surface area contributed by atoms with E-state index in [0.717, 1.165) is 18.8 Å². The number of carbonyl (C=O) groups is 1. The van der Waals surface area contributed by atoms with Crippen LogP contribution in [0, 0.1) is 11.8 Å². The van der Waals surface area contributed by atoms with E-state index in [9.17, 15) is 4.79 Å². The Labute approximate surface area is 169 Å². The first-order chi connectivity index (χ1) is 13.2. The van der Waals surface area contributed by atoms with Crippen LogP contribution in [-0.2, 0) is 9.53 Å². The molecular weight excluding hydrogens is 332 g/mol. The number of cyclic esters (lactones) is 1. The smallest absolute Gasteiger partial charge is 0.306 e. The molecule has 1 rings (SSSR count). The van der Waals surface area contributed by atoms with Gasteiger partial charge in [0.2, 0.25) is 0 Å². The third kappa shape index (κ3) is 11.6. The molecule has 1 fully saturated rings. The molecule has 3 unspecified atom stereocenters. The standard InChI is InChI=1S/C25H46O2/c1-4-7-12-17-23(16-8-5-2)22(15-6-3)20-21-24-18-13-10-9-11-14-19-25(26)27-24/h20-24H,4-19H2,1-3H3/b21-20+. The summed E-state index contributed by atoms with van der Waals surface area (Å²) in [4.78, 5) is 12.1. The van der Waals surface area contributed by atoms with E-state index < -0.39 is 0 Å². The maximum atomic E-state index is 12.1. The van der Waals surface area contributed by atoms with Crippen molar-refractivity contribution in [2.75, 3.05) is 0 Å². The molecule has 3 atom stereocenters. The summed E-state index contributed by atoms with van der Waals surface area (Å²) in [7, 11) is 0. The first kappa shape index (κ1) is 24.2. The Balaban J connectivity index is 2.73. The zero-order valence-corrected chi connectivity index (χ0v) is 18.5. The summed E-state index contributed by atoms with van der Waals surface area (Å²) >= 11 is 0. The fraction of sp³-hybridized carbons (Fsp3) is 0.880. The van der Waals surface area contributed by atoms with E-state index in [-0.39, 0.29) is 12.1 Å². The van der Waals surface area contributed by atoms with Crippen LogP contribution in [0.15, 0.2) is 12.2 Å². The first-order valence-corrected chi connectivity index (χ1v) is 12.1. The van der Waals surface area contributed by atoms with Crippen LogP contribution >= 0.6 is 0 Å². The summed E-state index contributed by atoms with van der Waals surface area (Å²) in [5, 5.41) is 0. The maximum Gasteiger partial charge on any atom is 0.306 e. The lowest BCUT2D eigenvalue weighted by molar-refractivity contribution is -0.147. The van der Waals surface area contributed by atoms with E-state index in [1.807, 2.05) is 0 Å². The van der Waals surface area contributed by atoms with Crippen molar-refractivity contribution >= 4 is 5.97 Å². The highest BCUT2D eigenvalue weighted by molar-refractivity contribution is 5.69. The monoisotopic (exact) mass is 378 g/mol. The molecule has 0 N–H and O–H groups in total. The second-order valence-corrected chi connectivity index (χ2v) is 8.57. The highest BCUT2D eigenvalue weighted by atomic mass is 16.5. The van der Waals surface area contributed by atoms with Gasteiger partial charge >= 0.3 is 5.97 Å². The van der Waals surface area contributed by atoms with Crippen molar-refractivity contribution < 1.29 is 9.53 Å². The Morgan fingerprint density at radius 2 is 1.59 bits per heavy atom. The Morgan fingerprint density at radius 1 is 0.889 bits per heavy atom. The van der Waals surface area contributed by atoms with Gasteiger partial charge in [-0.25, -0.2) is 0 Å². The molecule has 1 heterocycles. The summed E-state index contributed by atoms with van der Waals surface area (Å²) < 4.78 is 5.79. The van der Waals surface area contributed by atoms with Crippen LogP contribution in [0.4, 0.5) is 0 Å². The topological polar surface area (TPSA) is 26.3 Å². The molecule has 0 radical (unpaired) electrons. The highest BCUT2D eigenvalue weighted by Crippen LogP contribution is 2.30. The highest BCUT2D eigenvalue weighted by Gasteiger charge is 2.19. The number of rotatable bonds is 12. The van der Waals surface area contributed by atoms with Gasteiger partial charge in [0.25, 0.3) is 0 Å². The molecule has 0 saturated carbocycles. The van der Waals surface area contributed by atoms with Gasteiger partial charge in [-0.15, -0.1) is 0 Å². The number of hydrogen-bond acceptors (Lipinski definition) is 2. The van der Waals surface area contributed by atoms with Crippen LogP contribution in [0.25, 0.3) is 0 Å². The van der Waals surface area contributed by atoms with Crippen molar-refractivity contribution in [3.63, 3.8) is 0 Å². The zero-order chi connectivity index (χ0) is 19.7. The van der Waals surface area contributed by atoms with Crippen LogP contribution in [-0.4, -0.2) is 12.1 Å². The Bertz CT molecular complexity index is 388. The van der Waals surface area contributed by atoms with Crippen molar-refractivity contribution in [2.24, 2.45) is 11.8 Å². The summed E-state index contributed by atoms with van der Waals surface area (Å²) in [6.45, 7) is 6.89. The summed E-state index contributed by atoms with van der Waals surface area (Å²) in [6, 6.07) is 0. The zero-order valence-electron chi connectivity index (χ0n) is 18.5. The average molecular weight is 379 g/mol. The molecule has 0 aromatic rings. The number of esters is 1. The first-order valence-electron chi connectivity index (χ1n) is 12.1. The second kappa shape index (κ2) is 16.2. The van der Waals surface area contributed by atoms with Gasteiger partial charge in [0.1, 0.15) is 6.10 Å². The van der Waals surface area contributed by atoms with Crippen LogP contribution in [0.3, 0.4) is 0 Å². The molecule has 1 aliphatic heterocycles. The molecule has 0 bridgehead atoms. The molecule has 0 aromatic heterocycles. The Kier molecular flexibility index (Phi) is 14.5. The number of carbonyl (C=O) groups excluding carboxylic acids is 1. The van der Waals surface area contributed by atoms with Crippen LogP contribution in [0.5, 0.6) is 0 Å². The lowest BCUT2D eigenvalue weighted by Gasteiger charge is -2.25. The SMILES string of the molecule is CCCCCC(CCCC)C(/C=C/C1CCCCCCCC(=O)O1)CCC. The van der Waals surface area contributed by atoms with Gasteiger partial charge < -0.3 is 4.74 Å². The van der Waals surface area contributed by atoms with Crippen LogP contribution in [0.1, 0.15) is 124 Å².